The van der Waals surface area contributed by atoms with Gasteiger partial charge in [0.25, 0.3) is 5.56 Å². The van der Waals surface area contributed by atoms with E-state index in [1.807, 2.05) is 43.3 Å². The number of rotatable bonds is 6. The summed E-state index contributed by atoms with van der Waals surface area (Å²) in [5.74, 6) is 2.64. The number of aromatic nitrogens is 1. The van der Waals surface area contributed by atoms with Crippen molar-refractivity contribution in [3.8, 4) is 18.1 Å². The van der Waals surface area contributed by atoms with Crippen LogP contribution in [0.3, 0.4) is 0 Å². The van der Waals surface area contributed by atoms with Gasteiger partial charge >= 0.3 is 5.97 Å². The van der Waals surface area contributed by atoms with E-state index in [2.05, 4.69) is 56.1 Å². The summed E-state index contributed by atoms with van der Waals surface area (Å²) in [6.07, 6.45) is 7.21. The molecule has 0 saturated heterocycles. The second-order valence-electron chi connectivity index (χ2n) is 8.01. The van der Waals surface area contributed by atoms with E-state index in [-0.39, 0.29) is 18.8 Å². The summed E-state index contributed by atoms with van der Waals surface area (Å²) in [7, 11) is 0. The molecule has 0 spiro atoms. The molecule has 6 nitrogen and oxygen atoms in total. The molecule has 9 heteroatoms. The summed E-state index contributed by atoms with van der Waals surface area (Å²) >= 11 is 5.70. The van der Waals surface area contributed by atoms with Gasteiger partial charge < -0.3 is 9.47 Å². The van der Waals surface area contributed by atoms with Crippen molar-refractivity contribution >= 4 is 68.6 Å². The lowest BCUT2D eigenvalue weighted by Crippen LogP contribution is -2.39. The first-order chi connectivity index (χ1) is 17.2. The van der Waals surface area contributed by atoms with Crippen molar-refractivity contribution in [3.05, 3.63) is 91.2 Å². The lowest BCUT2D eigenvalue weighted by Gasteiger charge is -2.24. The molecule has 1 aliphatic heterocycles. The number of hydrogen-bond acceptors (Lipinski definition) is 6. The van der Waals surface area contributed by atoms with Crippen molar-refractivity contribution in [3.63, 3.8) is 0 Å². The van der Waals surface area contributed by atoms with Crippen molar-refractivity contribution in [2.24, 2.45) is 4.99 Å². The van der Waals surface area contributed by atoms with E-state index in [1.54, 1.807) is 24.5 Å². The molecule has 0 N–H and O–H groups in total. The standard InChI is InChI=1S/C27H22I2N2O4S/c1-5-11-35-24-18(12-19(28)14-20(24)29)13-21-25(32)31-23(17-9-7-15(3)8-10-17)22(26(33)34-6-2)16(4)30-27(31)36-21/h1,7-10,12-14,23H,6,11H2,2-4H3/b21-13-/t23-/m0/s1. The average Bonchev–Trinajstić information content (AvgIpc) is 3.12. The highest BCUT2D eigenvalue weighted by Gasteiger charge is 2.33. The zero-order valence-electron chi connectivity index (χ0n) is 19.8. The van der Waals surface area contributed by atoms with Crippen LogP contribution < -0.4 is 19.6 Å². The molecular weight excluding hydrogens is 702 g/mol. The maximum atomic E-state index is 13.8. The van der Waals surface area contributed by atoms with E-state index >= 15 is 0 Å². The van der Waals surface area contributed by atoms with Crippen LogP contribution in [0.4, 0.5) is 0 Å². The minimum absolute atomic E-state index is 0.119. The normalized spacial score (nSPS) is 15.2. The summed E-state index contributed by atoms with van der Waals surface area (Å²) in [6.45, 7) is 5.87. The predicted octanol–water partition coefficient (Wildman–Crippen LogP) is 4.33. The molecule has 0 amide bonds. The molecule has 0 saturated carbocycles. The fourth-order valence-electron chi connectivity index (χ4n) is 3.95. The number of aryl methyl sites for hydroxylation is 1. The Hall–Kier alpha value is -2.43. The Morgan fingerprint density at radius 1 is 1.25 bits per heavy atom. The number of carbonyl (C=O) groups excluding carboxylic acids is 1. The van der Waals surface area contributed by atoms with Crippen molar-refractivity contribution in [1.82, 2.24) is 4.57 Å². The Balaban J connectivity index is 1.96. The highest BCUT2D eigenvalue weighted by Crippen LogP contribution is 2.31. The van der Waals surface area contributed by atoms with E-state index in [0.717, 1.165) is 23.8 Å². The molecule has 2 heterocycles. The molecule has 0 bridgehead atoms. The van der Waals surface area contributed by atoms with Crippen LogP contribution in [0.5, 0.6) is 5.75 Å². The molecule has 184 valence electrons. The molecule has 1 aliphatic rings. The van der Waals surface area contributed by atoms with E-state index in [0.29, 0.717) is 26.4 Å². The van der Waals surface area contributed by atoms with Gasteiger partial charge in [-0.1, -0.05) is 47.1 Å². The summed E-state index contributed by atoms with van der Waals surface area (Å²) in [4.78, 5) is 32.0. The van der Waals surface area contributed by atoms with E-state index in [9.17, 15) is 9.59 Å². The molecule has 2 aromatic carbocycles. The first kappa shape index (κ1) is 26.6. The Bertz CT molecular complexity index is 1590. The van der Waals surface area contributed by atoms with Crippen LogP contribution in [0, 0.1) is 26.4 Å². The van der Waals surface area contributed by atoms with E-state index in [4.69, 9.17) is 15.9 Å². The van der Waals surface area contributed by atoms with Crippen LogP contribution in [0.15, 0.2) is 57.5 Å². The number of allylic oxidation sites excluding steroid dienone is 1. The smallest absolute Gasteiger partial charge is 0.338 e. The second kappa shape index (κ2) is 11.3. The first-order valence-electron chi connectivity index (χ1n) is 11.1. The van der Waals surface area contributed by atoms with Gasteiger partial charge in [-0.05, 0) is 89.7 Å². The molecule has 0 unspecified atom stereocenters. The fourth-order valence-corrected chi connectivity index (χ4v) is 7.03. The summed E-state index contributed by atoms with van der Waals surface area (Å²) in [6, 6.07) is 11.1. The minimum atomic E-state index is -0.642. The quantitative estimate of drug-likeness (QED) is 0.216. The second-order valence-corrected chi connectivity index (χ2v) is 11.4. The zero-order valence-corrected chi connectivity index (χ0v) is 24.9. The number of hydrogen-bond donors (Lipinski definition) is 0. The average molecular weight is 724 g/mol. The summed E-state index contributed by atoms with van der Waals surface area (Å²) in [5, 5.41) is 0. The minimum Gasteiger partial charge on any atom is -0.479 e. The third-order valence-corrected chi connectivity index (χ3v) is 7.94. The fraction of sp³-hybridized carbons (Fsp3) is 0.222. The van der Waals surface area contributed by atoms with Crippen LogP contribution in [-0.2, 0) is 9.53 Å². The number of esters is 1. The van der Waals surface area contributed by atoms with Crippen molar-refractivity contribution in [2.75, 3.05) is 13.2 Å². The molecule has 4 rings (SSSR count). The predicted molar refractivity (Wildman–Crippen MR) is 158 cm³/mol. The Kier molecular flexibility index (Phi) is 8.37. The monoisotopic (exact) mass is 724 g/mol. The van der Waals surface area contributed by atoms with Gasteiger partial charge in [0.05, 0.1) is 32.0 Å². The van der Waals surface area contributed by atoms with E-state index in [1.165, 1.54) is 11.3 Å². The molecule has 1 atom stereocenters. The molecule has 36 heavy (non-hydrogen) atoms. The van der Waals surface area contributed by atoms with Crippen LogP contribution in [-0.4, -0.2) is 23.8 Å². The largest absolute Gasteiger partial charge is 0.479 e. The molecular formula is C27H22I2N2O4S. The van der Waals surface area contributed by atoms with Gasteiger partial charge in [-0.3, -0.25) is 9.36 Å². The number of thiazole rings is 1. The van der Waals surface area contributed by atoms with Crippen molar-refractivity contribution in [1.29, 1.82) is 0 Å². The zero-order chi connectivity index (χ0) is 26.0. The number of benzene rings is 2. The Morgan fingerprint density at radius 3 is 2.64 bits per heavy atom. The number of carbonyl (C=O) groups is 1. The Morgan fingerprint density at radius 2 is 1.97 bits per heavy atom. The Labute approximate surface area is 240 Å². The van der Waals surface area contributed by atoms with Gasteiger partial charge in [0, 0.05) is 9.13 Å². The number of terminal acetylenes is 1. The maximum Gasteiger partial charge on any atom is 0.338 e. The van der Waals surface area contributed by atoms with Crippen LogP contribution in [0.25, 0.3) is 6.08 Å². The first-order valence-corrected chi connectivity index (χ1v) is 14.0. The van der Waals surface area contributed by atoms with Gasteiger partial charge in [0.2, 0.25) is 0 Å². The molecule has 0 fully saturated rings. The SMILES string of the molecule is C#CCOc1c(I)cc(I)cc1/C=c1\sc2n(c1=O)[C@@H](c1ccc(C)cc1)C(C(=O)OCC)=C(C)N=2. The van der Waals surface area contributed by atoms with Crippen molar-refractivity contribution in [2.45, 2.75) is 26.8 Å². The molecule has 0 radical (unpaired) electrons. The highest BCUT2D eigenvalue weighted by atomic mass is 127. The summed E-state index contributed by atoms with van der Waals surface area (Å²) < 4.78 is 15.1. The number of nitrogens with zero attached hydrogens (tertiary/aromatic N) is 2. The van der Waals surface area contributed by atoms with Crippen LogP contribution in [0.2, 0.25) is 0 Å². The van der Waals surface area contributed by atoms with E-state index < -0.39 is 12.0 Å². The maximum absolute atomic E-state index is 13.8. The topological polar surface area (TPSA) is 69.9 Å². The lowest BCUT2D eigenvalue weighted by atomic mass is 9.95. The van der Waals surface area contributed by atoms with Gasteiger partial charge in [-0.15, -0.1) is 6.42 Å². The molecule has 0 aliphatic carbocycles. The van der Waals surface area contributed by atoms with Crippen LogP contribution in [0.1, 0.15) is 36.6 Å². The van der Waals surface area contributed by atoms with Crippen LogP contribution >= 0.6 is 56.5 Å². The van der Waals surface area contributed by atoms with Crippen molar-refractivity contribution < 1.29 is 14.3 Å². The lowest BCUT2D eigenvalue weighted by molar-refractivity contribution is -0.139. The highest BCUT2D eigenvalue weighted by molar-refractivity contribution is 14.1. The molecule has 3 aromatic rings. The van der Waals surface area contributed by atoms with Gasteiger partial charge in [0.15, 0.2) is 4.80 Å². The number of ether oxygens (including phenoxy) is 2. The van der Waals surface area contributed by atoms with Gasteiger partial charge in [-0.25, -0.2) is 9.79 Å². The van der Waals surface area contributed by atoms with Gasteiger partial charge in [-0.2, -0.15) is 0 Å². The summed E-state index contributed by atoms with van der Waals surface area (Å²) in [5.41, 5.74) is 3.30. The third kappa shape index (κ3) is 5.31. The number of halogens is 2. The molecule has 1 aromatic heterocycles. The number of fused-ring (bicyclic) bond motifs is 1. The van der Waals surface area contributed by atoms with Gasteiger partial charge in [0.1, 0.15) is 12.4 Å². The third-order valence-electron chi connectivity index (χ3n) is 5.53.